The molecule has 1 heterocycles. The van der Waals surface area contributed by atoms with Gasteiger partial charge in [-0.3, -0.25) is 0 Å². The van der Waals surface area contributed by atoms with Gasteiger partial charge in [0.05, 0.1) is 0 Å². The molecule has 1 nitrogen and oxygen atoms in total. The first-order chi connectivity index (χ1) is 9.11. The third-order valence-corrected chi connectivity index (χ3v) is 6.45. The van der Waals surface area contributed by atoms with Crippen molar-refractivity contribution in [2.45, 2.75) is 58.4 Å². The van der Waals surface area contributed by atoms with Gasteiger partial charge in [0.25, 0.3) is 0 Å². The van der Waals surface area contributed by atoms with Gasteiger partial charge in [-0.25, -0.2) is 0 Å². The summed E-state index contributed by atoms with van der Waals surface area (Å²) in [5, 5.41) is 5.87. The average Bonchev–Trinajstić information content (AvgIpc) is 2.82. The van der Waals surface area contributed by atoms with Crippen LogP contribution in [0.4, 0.5) is 0 Å². The first-order valence-corrected chi connectivity index (χ1v) is 9.25. The summed E-state index contributed by atoms with van der Waals surface area (Å²) in [6.07, 6.45) is 5.51. The molecule has 1 aromatic rings. The maximum absolute atomic E-state index is 3.74. The minimum absolute atomic E-state index is 0.594. The van der Waals surface area contributed by atoms with Crippen LogP contribution in [0, 0.1) is 11.8 Å². The fraction of sp³-hybridized carbons (Fsp3) is 0.750. The Morgan fingerprint density at radius 1 is 1.42 bits per heavy atom. The van der Waals surface area contributed by atoms with Gasteiger partial charge in [0.1, 0.15) is 0 Å². The van der Waals surface area contributed by atoms with Crippen molar-refractivity contribution < 1.29 is 0 Å². The second-order valence-corrected chi connectivity index (χ2v) is 7.95. The topological polar surface area (TPSA) is 12.0 Å². The van der Waals surface area contributed by atoms with Crippen LogP contribution >= 0.6 is 27.3 Å². The minimum atomic E-state index is 0.594. The lowest BCUT2D eigenvalue weighted by atomic mass is 9.72. The molecule has 3 heteroatoms. The van der Waals surface area contributed by atoms with Gasteiger partial charge in [-0.1, -0.05) is 33.6 Å². The molecule has 1 fully saturated rings. The minimum Gasteiger partial charge on any atom is -0.314 e. The van der Waals surface area contributed by atoms with E-state index < -0.39 is 0 Å². The summed E-state index contributed by atoms with van der Waals surface area (Å²) in [6.45, 7) is 8.00. The highest BCUT2D eigenvalue weighted by atomic mass is 79.9. The molecule has 1 saturated carbocycles. The first kappa shape index (κ1) is 15.5. The summed E-state index contributed by atoms with van der Waals surface area (Å²) in [6, 6.07) is 2.80. The Bertz CT molecular complexity index is 388. The molecule has 0 aromatic carbocycles. The number of hydrogen-bond donors (Lipinski definition) is 1. The highest BCUT2D eigenvalue weighted by molar-refractivity contribution is 9.10. The summed E-state index contributed by atoms with van der Waals surface area (Å²) in [5.41, 5.74) is 0. The highest BCUT2D eigenvalue weighted by Crippen LogP contribution is 2.45. The van der Waals surface area contributed by atoms with E-state index in [4.69, 9.17) is 0 Å². The Kier molecular flexibility index (Phi) is 5.91. The van der Waals surface area contributed by atoms with E-state index >= 15 is 0 Å². The van der Waals surface area contributed by atoms with Crippen molar-refractivity contribution in [3.63, 3.8) is 0 Å². The van der Waals surface area contributed by atoms with Crippen molar-refractivity contribution in [2.24, 2.45) is 11.8 Å². The summed E-state index contributed by atoms with van der Waals surface area (Å²) in [5.74, 6) is 2.48. The standard InChI is InChI=1S/C16H26BrNS/c1-4-12-5-6-13(10-18-11(2)3)14(9-12)16-15(17)7-8-19-16/h7-8,11-14,18H,4-6,9-10H2,1-3H3. The number of nitrogens with one attached hydrogen (secondary N) is 1. The largest absolute Gasteiger partial charge is 0.314 e. The van der Waals surface area contributed by atoms with Crippen LogP contribution in [0.3, 0.4) is 0 Å². The average molecular weight is 344 g/mol. The van der Waals surface area contributed by atoms with Gasteiger partial charge in [-0.05, 0) is 64.5 Å². The molecule has 1 aliphatic carbocycles. The van der Waals surface area contributed by atoms with Crippen LogP contribution in [-0.2, 0) is 0 Å². The third-order valence-electron chi connectivity index (χ3n) is 4.45. The maximum atomic E-state index is 3.74. The van der Waals surface area contributed by atoms with Gasteiger partial charge in [0, 0.05) is 15.4 Å². The van der Waals surface area contributed by atoms with Crippen LogP contribution < -0.4 is 5.32 Å². The molecule has 0 amide bonds. The van der Waals surface area contributed by atoms with Gasteiger partial charge in [0.15, 0.2) is 0 Å². The van der Waals surface area contributed by atoms with Gasteiger partial charge in [-0.2, -0.15) is 0 Å². The monoisotopic (exact) mass is 343 g/mol. The molecule has 108 valence electrons. The molecule has 0 saturated heterocycles. The lowest BCUT2D eigenvalue weighted by Crippen LogP contribution is -2.34. The zero-order valence-corrected chi connectivity index (χ0v) is 14.7. The van der Waals surface area contributed by atoms with Gasteiger partial charge < -0.3 is 5.32 Å². The fourth-order valence-corrected chi connectivity index (χ4v) is 5.09. The predicted molar refractivity (Wildman–Crippen MR) is 89.0 cm³/mol. The predicted octanol–water partition coefficient (Wildman–Crippen LogP) is 5.42. The van der Waals surface area contributed by atoms with E-state index in [0.717, 1.165) is 17.8 Å². The second kappa shape index (κ2) is 7.24. The molecule has 1 aromatic heterocycles. The number of thiophene rings is 1. The van der Waals surface area contributed by atoms with Crippen molar-refractivity contribution in [3.8, 4) is 0 Å². The summed E-state index contributed by atoms with van der Waals surface area (Å²) < 4.78 is 1.33. The SMILES string of the molecule is CCC1CCC(CNC(C)C)C(c2sccc2Br)C1. The molecule has 19 heavy (non-hydrogen) atoms. The van der Waals surface area contributed by atoms with E-state index in [0.29, 0.717) is 6.04 Å². The van der Waals surface area contributed by atoms with Gasteiger partial charge >= 0.3 is 0 Å². The van der Waals surface area contributed by atoms with E-state index in [-0.39, 0.29) is 0 Å². The van der Waals surface area contributed by atoms with Crippen LogP contribution in [0.2, 0.25) is 0 Å². The van der Waals surface area contributed by atoms with Crippen molar-refractivity contribution in [1.82, 2.24) is 5.32 Å². The Balaban J connectivity index is 2.09. The maximum Gasteiger partial charge on any atom is 0.0317 e. The normalized spacial score (nSPS) is 27.9. The molecule has 2 rings (SSSR count). The zero-order chi connectivity index (χ0) is 13.8. The Morgan fingerprint density at radius 2 is 2.21 bits per heavy atom. The Hall–Kier alpha value is 0.140. The summed E-state index contributed by atoms with van der Waals surface area (Å²) in [4.78, 5) is 1.58. The first-order valence-electron chi connectivity index (χ1n) is 7.58. The van der Waals surface area contributed by atoms with E-state index in [2.05, 4.69) is 53.5 Å². The molecule has 0 aliphatic heterocycles. The number of hydrogen-bond acceptors (Lipinski definition) is 2. The van der Waals surface area contributed by atoms with Crippen LogP contribution in [-0.4, -0.2) is 12.6 Å². The van der Waals surface area contributed by atoms with Crippen LogP contribution in [0.15, 0.2) is 15.9 Å². The molecule has 0 bridgehead atoms. The molecular formula is C16H26BrNS. The van der Waals surface area contributed by atoms with Crippen molar-refractivity contribution in [3.05, 3.63) is 20.8 Å². The summed E-state index contributed by atoms with van der Waals surface area (Å²) in [7, 11) is 0. The lowest BCUT2D eigenvalue weighted by Gasteiger charge is -2.36. The third kappa shape index (κ3) is 4.05. The Labute approximate surface area is 130 Å². The van der Waals surface area contributed by atoms with E-state index in [1.165, 1.54) is 36.7 Å². The molecule has 3 unspecified atom stereocenters. The molecule has 3 atom stereocenters. The molecule has 1 aliphatic rings. The fourth-order valence-electron chi connectivity index (χ4n) is 3.21. The van der Waals surface area contributed by atoms with Crippen LogP contribution in [0.5, 0.6) is 0 Å². The molecule has 1 N–H and O–H groups in total. The smallest absolute Gasteiger partial charge is 0.0317 e. The molecule has 0 spiro atoms. The van der Waals surface area contributed by atoms with Gasteiger partial charge in [-0.15, -0.1) is 11.3 Å². The molecular weight excluding hydrogens is 318 g/mol. The number of halogens is 1. The van der Waals surface area contributed by atoms with Crippen molar-refractivity contribution >= 4 is 27.3 Å². The summed E-state index contributed by atoms with van der Waals surface area (Å²) >= 11 is 5.67. The molecule has 0 radical (unpaired) electrons. The lowest BCUT2D eigenvalue weighted by molar-refractivity contribution is 0.224. The van der Waals surface area contributed by atoms with Crippen LogP contribution in [0.1, 0.15) is 57.2 Å². The van der Waals surface area contributed by atoms with Crippen molar-refractivity contribution in [2.75, 3.05) is 6.54 Å². The van der Waals surface area contributed by atoms with Crippen LogP contribution in [0.25, 0.3) is 0 Å². The van der Waals surface area contributed by atoms with E-state index in [1.54, 1.807) is 4.88 Å². The van der Waals surface area contributed by atoms with Crippen molar-refractivity contribution in [1.29, 1.82) is 0 Å². The highest BCUT2D eigenvalue weighted by Gasteiger charge is 2.32. The number of rotatable bonds is 5. The van der Waals surface area contributed by atoms with E-state index in [9.17, 15) is 0 Å². The second-order valence-electron chi connectivity index (χ2n) is 6.15. The zero-order valence-electron chi connectivity index (χ0n) is 12.3. The van der Waals surface area contributed by atoms with E-state index in [1.807, 2.05) is 11.3 Å². The van der Waals surface area contributed by atoms with Gasteiger partial charge in [0.2, 0.25) is 0 Å². The quantitative estimate of drug-likeness (QED) is 0.752. The Morgan fingerprint density at radius 3 is 2.79 bits per heavy atom.